The highest BCUT2D eigenvalue weighted by Crippen LogP contribution is 2.55. The number of rotatable bonds is 4. The molecule has 1 N–H and O–H groups in total. The summed E-state index contributed by atoms with van der Waals surface area (Å²) < 4.78 is 1.95. The minimum Gasteiger partial charge on any atom is -0.355 e. The number of para-hydroxylation sites is 1. The van der Waals surface area contributed by atoms with E-state index in [9.17, 15) is 0 Å². The van der Waals surface area contributed by atoms with Gasteiger partial charge in [-0.15, -0.1) is 0 Å². The smallest absolute Gasteiger partial charge is 0.0836 e. The van der Waals surface area contributed by atoms with Crippen molar-refractivity contribution in [2.24, 2.45) is 0 Å². The number of hydrogen-bond acceptors (Lipinski definition) is 2. The summed E-state index contributed by atoms with van der Waals surface area (Å²) in [4.78, 5) is 13.7. The fraction of sp³-hybridized carbons (Fsp3) is 0. The molecule has 7 aromatic rings. The molecule has 4 aromatic carbocycles. The van der Waals surface area contributed by atoms with Crippen LogP contribution >= 0.6 is 92.8 Å². The van der Waals surface area contributed by atoms with Gasteiger partial charge in [-0.25, -0.2) is 9.97 Å². The maximum Gasteiger partial charge on any atom is 0.0836 e. The van der Waals surface area contributed by atoms with Gasteiger partial charge < -0.3 is 9.55 Å². The fourth-order valence-electron chi connectivity index (χ4n) is 7.18. The van der Waals surface area contributed by atoms with Gasteiger partial charge in [0.05, 0.1) is 59.6 Å². The third-order valence-electron chi connectivity index (χ3n) is 9.47. The summed E-state index contributed by atoms with van der Waals surface area (Å²) in [5.74, 6) is 0. The Morgan fingerprint density at radius 2 is 0.807 bits per heavy atom. The van der Waals surface area contributed by atoms with Crippen LogP contribution in [0.15, 0.2) is 103 Å². The van der Waals surface area contributed by atoms with Crippen LogP contribution in [0.3, 0.4) is 0 Å². The SMILES string of the molecule is Clc1cccc(Cl)c1-c1c(-c2c(Cl)cccc2Cl)c2c(-c3c(Cl)cccc3Cl)c3nc(cc4ccc(cc5nc(cc1n2-c1c(Cl)cccc1Cl)C=C5)[nH]4)C=C3.[Al]. The van der Waals surface area contributed by atoms with Gasteiger partial charge in [-0.2, -0.15) is 0 Å². The Morgan fingerprint density at radius 3 is 1.32 bits per heavy atom. The van der Waals surface area contributed by atoms with Crippen molar-refractivity contribution in [3.8, 4) is 39.1 Å². The molecule has 0 unspecified atom stereocenters. The van der Waals surface area contributed by atoms with E-state index < -0.39 is 0 Å². The van der Waals surface area contributed by atoms with E-state index in [1.165, 1.54) is 0 Å². The lowest BCUT2D eigenvalue weighted by molar-refractivity contribution is 1.17. The van der Waals surface area contributed by atoms with Gasteiger partial charge in [0.1, 0.15) is 0 Å². The number of fused-ring (bicyclic) bond motifs is 8. The van der Waals surface area contributed by atoms with Crippen LogP contribution in [0.2, 0.25) is 40.2 Å². The molecule has 0 fully saturated rings. The zero-order valence-electron chi connectivity index (χ0n) is 29.1. The number of halogens is 8. The maximum absolute atomic E-state index is 7.24. The number of hydrogen-bond donors (Lipinski definition) is 1. The maximum atomic E-state index is 7.24. The van der Waals surface area contributed by atoms with Crippen LogP contribution in [-0.2, 0) is 0 Å². The van der Waals surface area contributed by atoms with Gasteiger partial charge >= 0.3 is 0 Å². The standard InChI is InChI=1S/C44H22Cl8N4.Al/c45-27-5-1-6-28(46)37(27)40-35-18-17-25(55-35)20-24-14-13-22(53-24)19-23-15-16-26(54-23)21-36-41(38-29(47)7-2-8-30(38)48)42(39-31(49)9-3-10-32(39)50)44(40)56(36)43-33(51)11-4-12-34(43)52;/h1-21,53H;. The van der Waals surface area contributed by atoms with Gasteiger partial charge in [-0.1, -0.05) is 117 Å². The van der Waals surface area contributed by atoms with Gasteiger partial charge in [-0.05, 0) is 103 Å². The predicted octanol–water partition coefficient (Wildman–Crippen LogP) is 16.0. The summed E-state index contributed by atoms with van der Waals surface area (Å²) in [7, 11) is 0. The molecule has 3 aromatic heterocycles. The molecule has 0 atom stereocenters. The van der Waals surface area contributed by atoms with Gasteiger partial charge in [0, 0.05) is 81.9 Å². The second-order valence-corrected chi connectivity index (χ2v) is 16.2. The molecular formula is C44H22AlCl8N4. The molecule has 277 valence electrons. The van der Waals surface area contributed by atoms with Crippen LogP contribution in [0.25, 0.3) is 85.4 Å². The summed E-state index contributed by atoms with van der Waals surface area (Å²) in [6.45, 7) is 0. The summed E-state index contributed by atoms with van der Waals surface area (Å²) in [6.07, 6.45) is 7.69. The van der Waals surface area contributed by atoms with Crippen molar-refractivity contribution in [2.45, 2.75) is 0 Å². The highest BCUT2D eigenvalue weighted by atomic mass is 35.5. The molecule has 5 heterocycles. The van der Waals surface area contributed by atoms with E-state index in [0.29, 0.717) is 107 Å². The van der Waals surface area contributed by atoms with Crippen LogP contribution in [0, 0.1) is 0 Å². The topological polar surface area (TPSA) is 46.5 Å². The van der Waals surface area contributed by atoms with Crippen molar-refractivity contribution in [3.63, 3.8) is 0 Å². The molecule has 13 heteroatoms. The average Bonchev–Trinajstić information content (AvgIpc) is 3.96. The first kappa shape index (κ1) is 40.1. The Kier molecular flexibility index (Phi) is 11.4. The molecule has 0 saturated heterocycles. The second kappa shape index (κ2) is 16.2. The third-order valence-corrected chi connectivity index (χ3v) is 12.0. The predicted molar refractivity (Wildman–Crippen MR) is 246 cm³/mol. The Hall–Kier alpha value is -3.67. The van der Waals surface area contributed by atoms with Gasteiger partial charge in [-0.3, -0.25) is 0 Å². The monoisotopic (exact) mass is 913 g/mol. The van der Waals surface area contributed by atoms with E-state index in [1.54, 1.807) is 72.8 Å². The highest BCUT2D eigenvalue weighted by molar-refractivity contribution is 6.44. The zero-order chi connectivity index (χ0) is 38.8. The fourth-order valence-corrected chi connectivity index (χ4v) is 9.51. The molecular weight excluding hydrogens is 895 g/mol. The summed E-state index contributed by atoms with van der Waals surface area (Å²) in [5, 5.41) is 2.83. The molecule has 2 aliphatic rings. The van der Waals surface area contributed by atoms with E-state index in [0.717, 1.165) is 16.7 Å². The molecule has 2 aliphatic heterocycles. The lowest BCUT2D eigenvalue weighted by Gasteiger charge is -2.17. The largest absolute Gasteiger partial charge is 0.355 e. The second-order valence-electron chi connectivity index (χ2n) is 12.9. The van der Waals surface area contributed by atoms with Crippen LogP contribution < -0.4 is 0 Å². The third kappa shape index (κ3) is 7.24. The van der Waals surface area contributed by atoms with Gasteiger partial charge in [0.15, 0.2) is 0 Å². The Balaban J connectivity index is 0.00000455. The quantitative estimate of drug-likeness (QED) is 0.179. The zero-order valence-corrected chi connectivity index (χ0v) is 36.3. The molecule has 0 aliphatic carbocycles. The van der Waals surface area contributed by atoms with Crippen LogP contribution in [-0.4, -0.2) is 36.9 Å². The number of aromatic amines is 1. The first-order chi connectivity index (χ1) is 27.1. The summed E-state index contributed by atoms with van der Waals surface area (Å²) in [5.41, 5.74) is 8.82. The minimum absolute atomic E-state index is 0. The molecule has 0 spiro atoms. The molecule has 0 amide bonds. The van der Waals surface area contributed by atoms with Gasteiger partial charge in [0.2, 0.25) is 0 Å². The average molecular weight is 917 g/mol. The number of nitrogens with one attached hydrogen (secondary N) is 1. The van der Waals surface area contributed by atoms with Crippen LogP contribution in [0.1, 0.15) is 22.8 Å². The van der Waals surface area contributed by atoms with Crippen molar-refractivity contribution in [3.05, 3.63) is 166 Å². The molecule has 8 bridgehead atoms. The van der Waals surface area contributed by atoms with Crippen molar-refractivity contribution in [1.82, 2.24) is 19.5 Å². The first-order valence-corrected chi connectivity index (χ1v) is 20.0. The lowest BCUT2D eigenvalue weighted by Crippen LogP contribution is -2.00. The van der Waals surface area contributed by atoms with Crippen molar-refractivity contribution in [1.29, 1.82) is 0 Å². The Labute approximate surface area is 378 Å². The van der Waals surface area contributed by atoms with E-state index in [4.69, 9.17) is 103 Å². The minimum atomic E-state index is 0. The van der Waals surface area contributed by atoms with Crippen LogP contribution in [0.4, 0.5) is 0 Å². The number of benzene rings is 4. The Bertz CT molecular complexity index is 2960. The molecule has 3 radical (unpaired) electrons. The van der Waals surface area contributed by atoms with Crippen molar-refractivity contribution in [2.75, 3.05) is 0 Å². The number of nitrogens with zero attached hydrogens (tertiary/aromatic N) is 3. The lowest BCUT2D eigenvalue weighted by atomic mass is 9.92. The van der Waals surface area contributed by atoms with Crippen molar-refractivity contribution >= 4 is 157 Å². The van der Waals surface area contributed by atoms with E-state index >= 15 is 0 Å². The number of aromatic nitrogens is 4. The van der Waals surface area contributed by atoms with E-state index in [1.807, 2.05) is 59.2 Å². The van der Waals surface area contributed by atoms with Crippen LogP contribution in [0.5, 0.6) is 0 Å². The first-order valence-electron chi connectivity index (χ1n) is 17.0. The van der Waals surface area contributed by atoms with Crippen molar-refractivity contribution < 1.29 is 0 Å². The Morgan fingerprint density at radius 1 is 0.404 bits per heavy atom. The molecule has 57 heavy (non-hydrogen) atoms. The van der Waals surface area contributed by atoms with Gasteiger partial charge in [0.25, 0.3) is 0 Å². The van der Waals surface area contributed by atoms with E-state index in [2.05, 4.69) is 4.98 Å². The van der Waals surface area contributed by atoms with E-state index in [-0.39, 0.29) is 17.4 Å². The number of H-pyrrole nitrogens is 1. The molecule has 4 nitrogen and oxygen atoms in total. The summed E-state index contributed by atoms with van der Waals surface area (Å²) in [6, 6.07) is 31.1. The molecule has 0 saturated carbocycles. The normalized spacial score (nSPS) is 11.9. The summed E-state index contributed by atoms with van der Waals surface area (Å²) >= 11 is 57.7. The highest BCUT2D eigenvalue weighted by Gasteiger charge is 2.32. The molecule has 9 rings (SSSR count).